The first kappa shape index (κ1) is 11.3. The van der Waals surface area contributed by atoms with E-state index in [1.807, 2.05) is 0 Å². The molecule has 0 aliphatic carbocycles. The zero-order chi connectivity index (χ0) is 11.7. The smallest absolute Gasteiger partial charge is 0.337 e. The molecule has 0 saturated carbocycles. The second kappa shape index (κ2) is 4.34. The fourth-order valence-electron chi connectivity index (χ4n) is 2.11. The van der Waals surface area contributed by atoms with Crippen LogP contribution in [0, 0.1) is 5.92 Å². The molecule has 0 bridgehead atoms. The van der Waals surface area contributed by atoms with Gasteiger partial charge in [0, 0.05) is 18.1 Å². The number of nitrogens with zero attached hydrogens (tertiary/aromatic N) is 1. The summed E-state index contributed by atoms with van der Waals surface area (Å²) >= 11 is 5.81. The largest absolute Gasteiger partial charge is 0.478 e. The average Bonchev–Trinajstić information content (AvgIpc) is 2.64. The molecule has 2 rings (SSSR count). The molecular formula is C12H14ClNO2. The molecule has 1 aliphatic heterocycles. The van der Waals surface area contributed by atoms with E-state index in [2.05, 4.69) is 11.8 Å². The summed E-state index contributed by atoms with van der Waals surface area (Å²) in [5.74, 6) is -0.297. The molecule has 1 atom stereocenters. The molecule has 1 unspecified atom stereocenters. The summed E-state index contributed by atoms with van der Waals surface area (Å²) in [6.07, 6.45) is 1.11. The molecule has 1 fully saturated rings. The van der Waals surface area contributed by atoms with Crippen molar-refractivity contribution in [3.63, 3.8) is 0 Å². The molecule has 16 heavy (non-hydrogen) atoms. The van der Waals surface area contributed by atoms with Crippen molar-refractivity contribution in [3.05, 3.63) is 28.8 Å². The second-order valence-corrected chi connectivity index (χ2v) is 4.74. The Morgan fingerprint density at radius 1 is 1.56 bits per heavy atom. The molecule has 1 saturated heterocycles. The normalized spacial score (nSPS) is 20.1. The van der Waals surface area contributed by atoms with E-state index in [0.717, 1.165) is 25.2 Å². The van der Waals surface area contributed by atoms with Gasteiger partial charge in [0.15, 0.2) is 0 Å². The van der Waals surface area contributed by atoms with Gasteiger partial charge < -0.3 is 10.0 Å². The lowest BCUT2D eigenvalue weighted by Gasteiger charge is -2.20. The van der Waals surface area contributed by atoms with Gasteiger partial charge in [0.2, 0.25) is 0 Å². The lowest BCUT2D eigenvalue weighted by molar-refractivity contribution is 0.0697. The summed E-state index contributed by atoms with van der Waals surface area (Å²) in [6.45, 7) is 4.02. The Kier molecular flexibility index (Phi) is 3.06. The van der Waals surface area contributed by atoms with Gasteiger partial charge in [-0.1, -0.05) is 18.5 Å². The number of rotatable bonds is 2. The minimum absolute atomic E-state index is 0.293. The molecule has 3 nitrogen and oxygen atoms in total. The molecule has 0 spiro atoms. The van der Waals surface area contributed by atoms with Crippen molar-refractivity contribution >= 4 is 23.3 Å². The van der Waals surface area contributed by atoms with Crippen LogP contribution < -0.4 is 4.90 Å². The van der Waals surface area contributed by atoms with E-state index in [1.165, 1.54) is 6.07 Å². The number of carbonyl (C=O) groups is 1. The molecule has 1 aliphatic rings. The van der Waals surface area contributed by atoms with Crippen molar-refractivity contribution in [3.8, 4) is 0 Å². The van der Waals surface area contributed by atoms with Crippen LogP contribution in [0.2, 0.25) is 5.02 Å². The van der Waals surface area contributed by atoms with Crippen molar-refractivity contribution in [2.24, 2.45) is 5.92 Å². The average molecular weight is 240 g/mol. The monoisotopic (exact) mass is 239 g/mol. The van der Waals surface area contributed by atoms with Crippen molar-refractivity contribution in [1.82, 2.24) is 0 Å². The molecule has 0 aromatic heterocycles. The van der Waals surface area contributed by atoms with E-state index >= 15 is 0 Å². The topological polar surface area (TPSA) is 40.5 Å². The van der Waals surface area contributed by atoms with E-state index in [0.29, 0.717) is 16.5 Å². The molecule has 0 radical (unpaired) electrons. The van der Waals surface area contributed by atoms with Gasteiger partial charge in [-0.2, -0.15) is 0 Å². The minimum Gasteiger partial charge on any atom is -0.478 e. The van der Waals surface area contributed by atoms with Crippen LogP contribution in [0.4, 0.5) is 5.69 Å². The van der Waals surface area contributed by atoms with Crippen molar-refractivity contribution in [1.29, 1.82) is 0 Å². The van der Waals surface area contributed by atoms with Crippen molar-refractivity contribution < 1.29 is 9.90 Å². The number of anilines is 1. The summed E-state index contributed by atoms with van der Waals surface area (Å²) in [7, 11) is 0. The highest BCUT2D eigenvalue weighted by Gasteiger charge is 2.23. The summed E-state index contributed by atoms with van der Waals surface area (Å²) in [5, 5.41) is 9.60. The van der Waals surface area contributed by atoms with Gasteiger partial charge in [-0.05, 0) is 30.5 Å². The molecule has 4 heteroatoms. The maximum absolute atomic E-state index is 11.1. The van der Waals surface area contributed by atoms with E-state index < -0.39 is 5.97 Å². The van der Waals surface area contributed by atoms with Gasteiger partial charge in [-0.25, -0.2) is 4.79 Å². The molecule has 86 valence electrons. The maximum Gasteiger partial charge on any atom is 0.337 e. The predicted octanol–water partition coefficient (Wildman–Crippen LogP) is 2.88. The Balaban J connectivity index is 2.36. The van der Waals surface area contributed by atoms with Crippen LogP contribution in [0.15, 0.2) is 18.2 Å². The highest BCUT2D eigenvalue weighted by Crippen LogP contribution is 2.29. The van der Waals surface area contributed by atoms with Crippen molar-refractivity contribution in [2.75, 3.05) is 18.0 Å². The second-order valence-electron chi connectivity index (χ2n) is 4.31. The van der Waals surface area contributed by atoms with E-state index in [9.17, 15) is 4.79 Å². The molecule has 1 aromatic carbocycles. The van der Waals surface area contributed by atoms with Crippen LogP contribution in [0.3, 0.4) is 0 Å². The van der Waals surface area contributed by atoms with Gasteiger partial charge in [0.05, 0.1) is 11.3 Å². The van der Waals surface area contributed by atoms with E-state index in [1.54, 1.807) is 12.1 Å². The van der Waals surface area contributed by atoms with Gasteiger partial charge >= 0.3 is 5.97 Å². The third kappa shape index (κ3) is 2.14. The number of carboxylic acid groups (broad SMARTS) is 1. The van der Waals surface area contributed by atoms with Gasteiger partial charge in [0.1, 0.15) is 0 Å². The SMILES string of the molecule is CC1CCN(c2ccc(Cl)cc2C(=O)O)C1. The lowest BCUT2D eigenvalue weighted by Crippen LogP contribution is -2.21. The van der Waals surface area contributed by atoms with E-state index in [-0.39, 0.29) is 0 Å². The zero-order valence-electron chi connectivity index (χ0n) is 9.11. The molecular weight excluding hydrogens is 226 g/mol. The van der Waals surface area contributed by atoms with Crippen LogP contribution in [0.25, 0.3) is 0 Å². The Hall–Kier alpha value is -1.22. The van der Waals surface area contributed by atoms with Crippen LogP contribution in [0.5, 0.6) is 0 Å². The number of hydrogen-bond donors (Lipinski definition) is 1. The highest BCUT2D eigenvalue weighted by atomic mass is 35.5. The van der Waals surface area contributed by atoms with Crippen molar-refractivity contribution in [2.45, 2.75) is 13.3 Å². The summed E-state index contributed by atoms with van der Waals surface area (Å²) in [5.41, 5.74) is 1.07. The number of benzene rings is 1. The molecule has 1 aromatic rings. The van der Waals surface area contributed by atoms with E-state index in [4.69, 9.17) is 16.7 Å². The predicted molar refractivity (Wildman–Crippen MR) is 64.4 cm³/mol. The first-order chi connectivity index (χ1) is 7.58. The Labute approximate surface area is 99.6 Å². The third-order valence-corrected chi connectivity index (χ3v) is 3.19. The molecule has 1 N–H and O–H groups in total. The highest BCUT2D eigenvalue weighted by molar-refractivity contribution is 6.31. The molecule has 0 amide bonds. The standard InChI is InChI=1S/C12H14ClNO2/c1-8-4-5-14(7-8)11-3-2-9(13)6-10(11)12(15)16/h2-3,6,8H,4-5,7H2,1H3,(H,15,16). The zero-order valence-corrected chi connectivity index (χ0v) is 9.87. The summed E-state index contributed by atoms with van der Waals surface area (Å²) in [6, 6.07) is 5.05. The Morgan fingerprint density at radius 2 is 2.31 bits per heavy atom. The molecule has 1 heterocycles. The lowest BCUT2D eigenvalue weighted by atomic mass is 10.1. The third-order valence-electron chi connectivity index (χ3n) is 2.95. The van der Waals surface area contributed by atoms with Crippen LogP contribution >= 0.6 is 11.6 Å². The first-order valence-electron chi connectivity index (χ1n) is 5.35. The fraction of sp³-hybridized carbons (Fsp3) is 0.417. The maximum atomic E-state index is 11.1. The van der Waals surface area contributed by atoms with Crippen LogP contribution in [-0.4, -0.2) is 24.2 Å². The Bertz CT molecular complexity index is 419. The summed E-state index contributed by atoms with van der Waals surface area (Å²) < 4.78 is 0. The van der Waals surface area contributed by atoms with Gasteiger partial charge in [-0.15, -0.1) is 0 Å². The first-order valence-corrected chi connectivity index (χ1v) is 5.73. The quantitative estimate of drug-likeness (QED) is 0.863. The number of carboxylic acids is 1. The number of aromatic carboxylic acids is 1. The number of halogens is 1. The number of hydrogen-bond acceptors (Lipinski definition) is 2. The fourth-order valence-corrected chi connectivity index (χ4v) is 2.28. The van der Waals surface area contributed by atoms with Gasteiger partial charge in [0.25, 0.3) is 0 Å². The van der Waals surface area contributed by atoms with Gasteiger partial charge in [-0.3, -0.25) is 0 Å². The Morgan fingerprint density at radius 3 is 2.88 bits per heavy atom. The van der Waals surface area contributed by atoms with Crippen LogP contribution in [0.1, 0.15) is 23.7 Å². The summed E-state index contributed by atoms with van der Waals surface area (Å²) in [4.78, 5) is 13.2. The van der Waals surface area contributed by atoms with Crippen LogP contribution in [-0.2, 0) is 0 Å². The minimum atomic E-state index is -0.919.